The molecular weight excluding hydrogens is 142 g/mol. The predicted molar refractivity (Wildman–Crippen MR) is 40.3 cm³/mol. The zero-order chi connectivity index (χ0) is 7.84. The molecule has 2 rings (SSSR count). The average molecular weight is 155 g/mol. The molecule has 2 saturated heterocycles. The first kappa shape index (κ1) is 7.10. The van der Waals surface area contributed by atoms with Crippen LogP contribution < -0.4 is 5.32 Å². The van der Waals surface area contributed by atoms with Crippen LogP contribution in [0.1, 0.15) is 25.7 Å². The maximum Gasteiger partial charge on any atom is 0.308 e. The molecule has 0 saturated carbocycles. The van der Waals surface area contributed by atoms with Gasteiger partial charge in [0.15, 0.2) is 0 Å². The SMILES string of the molecule is O=C(O)[C@H]1CC[C@@H]2CC[C@H]1N2. The van der Waals surface area contributed by atoms with Crippen LogP contribution in [0.15, 0.2) is 0 Å². The van der Waals surface area contributed by atoms with Crippen LogP contribution in [-0.2, 0) is 4.79 Å². The summed E-state index contributed by atoms with van der Waals surface area (Å²) in [6.07, 6.45) is 4.15. The Morgan fingerprint density at radius 2 is 2.00 bits per heavy atom. The van der Waals surface area contributed by atoms with Crippen molar-refractivity contribution in [1.82, 2.24) is 5.32 Å². The van der Waals surface area contributed by atoms with Crippen molar-refractivity contribution in [2.75, 3.05) is 0 Å². The number of rotatable bonds is 1. The highest BCUT2D eigenvalue weighted by Gasteiger charge is 2.38. The second-order valence-electron chi connectivity index (χ2n) is 3.57. The van der Waals surface area contributed by atoms with Crippen molar-refractivity contribution in [2.45, 2.75) is 37.8 Å². The second kappa shape index (κ2) is 2.48. The van der Waals surface area contributed by atoms with Gasteiger partial charge in [0, 0.05) is 12.1 Å². The number of hydrogen-bond acceptors (Lipinski definition) is 2. The molecule has 2 bridgehead atoms. The van der Waals surface area contributed by atoms with Gasteiger partial charge in [0.2, 0.25) is 0 Å². The molecule has 3 nitrogen and oxygen atoms in total. The number of carboxylic acids is 1. The van der Waals surface area contributed by atoms with E-state index in [0.29, 0.717) is 6.04 Å². The van der Waals surface area contributed by atoms with Crippen LogP contribution in [0.25, 0.3) is 0 Å². The van der Waals surface area contributed by atoms with Gasteiger partial charge in [-0.1, -0.05) is 0 Å². The molecule has 0 aromatic carbocycles. The highest BCUT2D eigenvalue weighted by atomic mass is 16.4. The van der Waals surface area contributed by atoms with Crippen molar-refractivity contribution in [3.05, 3.63) is 0 Å². The van der Waals surface area contributed by atoms with Crippen molar-refractivity contribution < 1.29 is 9.90 Å². The summed E-state index contributed by atoms with van der Waals surface area (Å²) in [4.78, 5) is 10.7. The lowest BCUT2D eigenvalue weighted by Gasteiger charge is -2.26. The van der Waals surface area contributed by atoms with E-state index >= 15 is 0 Å². The van der Waals surface area contributed by atoms with Crippen LogP contribution in [0.3, 0.4) is 0 Å². The standard InChI is InChI=1S/C8H13NO2/c10-8(11)6-3-1-5-2-4-7(6)9-5/h5-7,9H,1-4H2,(H,10,11)/t5-,6+,7-/m1/s1. The lowest BCUT2D eigenvalue weighted by molar-refractivity contribution is -0.143. The Labute approximate surface area is 65.8 Å². The Hall–Kier alpha value is -0.570. The first-order chi connectivity index (χ1) is 5.27. The van der Waals surface area contributed by atoms with Gasteiger partial charge < -0.3 is 10.4 Å². The van der Waals surface area contributed by atoms with Crippen LogP contribution in [0, 0.1) is 5.92 Å². The minimum atomic E-state index is -0.622. The number of hydrogen-bond donors (Lipinski definition) is 2. The maximum absolute atomic E-state index is 10.7. The summed E-state index contributed by atoms with van der Waals surface area (Å²) in [5.41, 5.74) is 0. The quantitative estimate of drug-likeness (QED) is 0.583. The molecule has 0 aromatic heterocycles. The monoisotopic (exact) mass is 155 g/mol. The maximum atomic E-state index is 10.7. The van der Waals surface area contributed by atoms with Gasteiger partial charge in [-0.2, -0.15) is 0 Å². The van der Waals surface area contributed by atoms with E-state index < -0.39 is 5.97 Å². The Kier molecular flexibility index (Phi) is 1.60. The molecular formula is C8H13NO2. The normalized spacial score (nSPS) is 42.4. The summed E-state index contributed by atoms with van der Waals surface area (Å²) in [6.45, 7) is 0. The first-order valence-corrected chi connectivity index (χ1v) is 4.26. The predicted octanol–water partition coefficient (Wildman–Crippen LogP) is 0.602. The zero-order valence-electron chi connectivity index (χ0n) is 6.42. The average Bonchev–Trinajstić information content (AvgIpc) is 2.32. The highest BCUT2D eigenvalue weighted by Crippen LogP contribution is 2.31. The molecule has 11 heavy (non-hydrogen) atoms. The molecule has 0 aromatic rings. The van der Waals surface area contributed by atoms with E-state index in [9.17, 15) is 4.79 Å². The molecule has 2 aliphatic heterocycles. The Morgan fingerprint density at radius 1 is 1.27 bits per heavy atom. The molecule has 0 aliphatic carbocycles. The zero-order valence-corrected chi connectivity index (χ0v) is 6.42. The van der Waals surface area contributed by atoms with Crippen LogP contribution >= 0.6 is 0 Å². The lowest BCUT2D eigenvalue weighted by Crippen LogP contribution is -2.43. The molecule has 2 fully saturated rings. The van der Waals surface area contributed by atoms with Crippen LogP contribution in [-0.4, -0.2) is 23.2 Å². The molecule has 0 amide bonds. The van der Waals surface area contributed by atoms with E-state index in [1.165, 1.54) is 6.42 Å². The molecule has 0 spiro atoms. The van der Waals surface area contributed by atoms with Gasteiger partial charge >= 0.3 is 5.97 Å². The van der Waals surface area contributed by atoms with Crippen molar-refractivity contribution in [3.8, 4) is 0 Å². The molecule has 2 aliphatic rings. The van der Waals surface area contributed by atoms with Crippen molar-refractivity contribution in [2.24, 2.45) is 5.92 Å². The van der Waals surface area contributed by atoms with E-state index in [4.69, 9.17) is 5.11 Å². The van der Waals surface area contributed by atoms with Crippen molar-refractivity contribution >= 4 is 5.97 Å². The highest BCUT2D eigenvalue weighted by molar-refractivity contribution is 5.71. The number of nitrogens with one attached hydrogen (secondary N) is 1. The largest absolute Gasteiger partial charge is 0.481 e. The second-order valence-corrected chi connectivity index (χ2v) is 3.57. The van der Waals surface area contributed by atoms with Gasteiger partial charge in [0.1, 0.15) is 0 Å². The minimum Gasteiger partial charge on any atom is -0.481 e. The summed E-state index contributed by atoms with van der Waals surface area (Å²) in [5.74, 6) is -0.739. The topological polar surface area (TPSA) is 49.3 Å². The summed E-state index contributed by atoms with van der Waals surface area (Å²) >= 11 is 0. The first-order valence-electron chi connectivity index (χ1n) is 4.26. The van der Waals surface area contributed by atoms with Gasteiger partial charge in [-0.25, -0.2) is 0 Å². The Balaban J connectivity index is 2.07. The van der Waals surface area contributed by atoms with Crippen molar-refractivity contribution in [3.63, 3.8) is 0 Å². The molecule has 2 N–H and O–H groups in total. The third-order valence-electron chi connectivity index (χ3n) is 2.90. The molecule has 0 radical (unpaired) electrons. The van der Waals surface area contributed by atoms with Crippen LogP contribution in [0.4, 0.5) is 0 Å². The third kappa shape index (κ3) is 1.13. The Bertz CT molecular complexity index is 181. The van der Waals surface area contributed by atoms with E-state index in [-0.39, 0.29) is 12.0 Å². The van der Waals surface area contributed by atoms with Crippen LogP contribution in [0.2, 0.25) is 0 Å². The summed E-state index contributed by atoms with van der Waals surface area (Å²) in [6, 6.07) is 0.891. The summed E-state index contributed by atoms with van der Waals surface area (Å²) < 4.78 is 0. The molecule has 62 valence electrons. The number of carbonyl (C=O) groups is 1. The fraction of sp³-hybridized carbons (Fsp3) is 0.875. The number of aliphatic carboxylic acids is 1. The number of piperidine rings is 1. The van der Waals surface area contributed by atoms with E-state index in [1.807, 2.05) is 0 Å². The van der Waals surface area contributed by atoms with Crippen LogP contribution in [0.5, 0.6) is 0 Å². The smallest absolute Gasteiger partial charge is 0.308 e. The van der Waals surface area contributed by atoms with Gasteiger partial charge in [0.25, 0.3) is 0 Å². The lowest BCUT2D eigenvalue weighted by atomic mass is 9.92. The third-order valence-corrected chi connectivity index (χ3v) is 2.90. The Morgan fingerprint density at radius 3 is 2.73 bits per heavy atom. The van der Waals surface area contributed by atoms with E-state index in [0.717, 1.165) is 19.3 Å². The number of carboxylic acid groups (broad SMARTS) is 1. The van der Waals surface area contributed by atoms with Gasteiger partial charge in [0.05, 0.1) is 5.92 Å². The van der Waals surface area contributed by atoms with E-state index in [1.54, 1.807) is 0 Å². The molecule has 0 unspecified atom stereocenters. The summed E-state index contributed by atoms with van der Waals surface area (Å²) in [7, 11) is 0. The molecule has 2 heterocycles. The molecule has 3 heteroatoms. The minimum absolute atomic E-state index is 0.117. The van der Waals surface area contributed by atoms with E-state index in [2.05, 4.69) is 5.32 Å². The fourth-order valence-electron chi connectivity index (χ4n) is 2.27. The van der Waals surface area contributed by atoms with Gasteiger partial charge in [-0.15, -0.1) is 0 Å². The summed E-state index contributed by atoms with van der Waals surface area (Å²) in [5, 5.41) is 12.2. The van der Waals surface area contributed by atoms with Gasteiger partial charge in [-0.3, -0.25) is 4.79 Å². The molecule has 3 atom stereocenters. The van der Waals surface area contributed by atoms with Crippen molar-refractivity contribution in [1.29, 1.82) is 0 Å². The number of fused-ring (bicyclic) bond motifs is 2. The van der Waals surface area contributed by atoms with Gasteiger partial charge in [-0.05, 0) is 25.7 Å². The fourth-order valence-corrected chi connectivity index (χ4v) is 2.27.